The van der Waals surface area contributed by atoms with E-state index in [0.29, 0.717) is 0 Å². The predicted molar refractivity (Wildman–Crippen MR) is 124 cm³/mol. The number of hydrogen-bond acceptors (Lipinski definition) is 6. The van der Waals surface area contributed by atoms with Crippen LogP contribution in [0.5, 0.6) is 0 Å². The normalized spacial score (nSPS) is 14.6. The number of amides is 1. The number of carbonyl (C=O) groups is 1. The lowest BCUT2D eigenvalue weighted by molar-refractivity contribution is -0.115. The Labute approximate surface area is 185 Å². The largest absolute Gasteiger partial charge is 0.379 e. The van der Waals surface area contributed by atoms with Gasteiger partial charge in [0.05, 0.1) is 25.3 Å². The van der Waals surface area contributed by atoms with E-state index in [4.69, 9.17) is 4.74 Å². The molecule has 156 valence electrons. The molecule has 30 heavy (non-hydrogen) atoms. The number of rotatable bonds is 7. The molecule has 1 aliphatic rings. The lowest BCUT2D eigenvalue weighted by atomic mass is 10.1. The lowest BCUT2D eigenvalue weighted by Gasteiger charge is -2.26. The summed E-state index contributed by atoms with van der Waals surface area (Å²) in [5.74, 6) is -0.0500. The summed E-state index contributed by atoms with van der Waals surface area (Å²) in [5, 5.41) is 5.87. The molecule has 2 aromatic carbocycles. The summed E-state index contributed by atoms with van der Waals surface area (Å²) in [6, 6.07) is 16.4. The van der Waals surface area contributed by atoms with Gasteiger partial charge in [-0.3, -0.25) is 9.69 Å². The van der Waals surface area contributed by atoms with Crippen molar-refractivity contribution in [3.8, 4) is 10.6 Å². The molecule has 2 heterocycles. The van der Waals surface area contributed by atoms with Gasteiger partial charge in [0.15, 0.2) is 0 Å². The van der Waals surface area contributed by atoms with E-state index < -0.39 is 0 Å². The van der Waals surface area contributed by atoms with Gasteiger partial charge in [0.2, 0.25) is 5.91 Å². The van der Waals surface area contributed by atoms with Crippen LogP contribution in [0.2, 0.25) is 0 Å². The first kappa shape index (κ1) is 21.1. The average molecular weight is 440 g/mol. The number of carbonyl (C=O) groups excluding carboxylic acids is 1. The molecule has 1 aromatic heterocycles. The maximum Gasteiger partial charge on any atom is 0.230 e. The van der Waals surface area contributed by atoms with Crippen LogP contribution in [-0.4, -0.2) is 48.4 Å². The van der Waals surface area contributed by atoms with Gasteiger partial charge in [-0.2, -0.15) is 0 Å². The number of hydrogen-bond donors (Lipinski definition) is 1. The minimum Gasteiger partial charge on any atom is -0.379 e. The Morgan fingerprint density at radius 2 is 2.00 bits per heavy atom. The number of ether oxygens (including phenoxy) is 1. The Kier molecular flexibility index (Phi) is 7.17. The van der Waals surface area contributed by atoms with Gasteiger partial charge in [0.1, 0.15) is 5.01 Å². The van der Waals surface area contributed by atoms with E-state index in [-0.39, 0.29) is 12.3 Å². The Balaban J connectivity index is 1.34. The maximum atomic E-state index is 12.4. The fourth-order valence-electron chi connectivity index (χ4n) is 3.36. The first-order valence-electron chi connectivity index (χ1n) is 9.97. The molecule has 0 spiro atoms. The number of aromatic nitrogens is 1. The van der Waals surface area contributed by atoms with Crippen molar-refractivity contribution in [2.24, 2.45) is 0 Å². The highest BCUT2D eigenvalue weighted by molar-refractivity contribution is 7.98. The number of thioether (sulfide) groups is 1. The van der Waals surface area contributed by atoms with E-state index in [1.165, 1.54) is 5.56 Å². The summed E-state index contributed by atoms with van der Waals surface area (Å²) in [7, 11) is 0. The topological polar surface area (TPSA) is 54.5 Å². The molecular weight excluding hydrogens is 414 g/mol. The smallest absolute Gasteiger partial charge is 0.230 e. The minimum atomic E-state index is -0.0500. The summed E-state index contributed by atoms with van der Waals surface area (Å²) >= 11 is 3.23. The average Bonchev–Trinajstić information content (AvgIpc) is 3.23. The second-order valence-electron chi connectivity index (χ2n) is 7.19. The van der Waals surface area contributed by atoms with Crippen molar-refractivity contribution in [3.05, 3.63) is 65.2 Å². The Bertz CT molecular complexity index is 982. The second-order valence-corrected chi connectivity index (χ2v) is 8.92. The molecule has 1 aliphatic heterocycles. The molecule has 7 heteroatoms. The summed E-state index contributed by atoms with van der Waals surface area (Å²) in [6.45, 7) is 4.56. The predicted octanol–water partition coefficient (Wildman–Crippen LogP) is 4.55. The third-order valence-electron chi connectivity index (χ3n) is 4.96. The van der Waals surface area contributed by atoms with Gasteiger partial charge in [-0.1, -0.05) is 30.3 Å². The monoisotopic (exact) mass is 439 g/mol. The number of nitrogens with one attached hydrogen (secondary N) is 1. The third-order valence-corrected chi connectivity index (χ3v) is 6.62. The summed E-state index contributed by atoms with van der Waals surface area (Å²) in [5.41, 5.74) is 4.00. The molecule has 0 bridgehead atoms. The number of anilines is 1. The number of thiazole rings is 1. The molecule has 1 fully saturated rings. The molecule has 0 aliphatic carbocycles. The fraction of sp³-hybridized carbons (Fsp3) is 0.304. The molecular formula is C23H25N3O2S2. The van der Waals surface area contributed by atoms with Gasteiger partial charge in [-0.25, -0.2) is 4.98 Å². The van der Waals surface area contributed by atoms with Crippen LogP contribution in [0.3, 0.4) is 0 Å². The van der Waals surface area contributed by atoms with Gasteiger partial charge in [0.25, 0.3) is 0 Å². The highest BCUT2D eigenvalue weighted by atomic mass is 32.2. The Hall–Kier alpha value is -2.19. The van der Waals surface area contributed by atoms with Gasteiger partial charge in [0, 0.05) is 41.2 Å². The van der Waals surface area contributed by atoms with Gasteiger partial charge in [-0.05, 0) is 30.0 Å². The van der Waals surface area contributed by atoms with Crippen molar-refractivity contribution in [2.75, 3.05) is 37.9 Å². The van der Waals surface area contributed by atoms with Crippen LogP contribution in [0.4, 0.5) is 5.69 Å². The van der Waals surface area contributed by atoms with Gasteiger partial charge < -0.3 is 10.1 Å². The zero-order valence-corrected chi connectivity index (χ0v) is 18.6. The van der Waals surface area contributed by atoms with Crippen molar-refractivity contribution < 1.29 is 9.53 Å². The Morgan fingerprint density at radius 3 is 2.77 bits per heavy atom. The number of benzene rings is 2. The van der Waals surface area contributed by atoms with Crippen LogP contribution in [-0.2, 0) is 22.5 Å². The van der Waals surface area contributed by atoms with Crippen molar-refractivity contribution >= 4 is 34.7 Å². The van der Waals surface area contributed by atoms with E-state index in [9.17, 15) is 4.79 Å². The Morgan fingerprint density at radius 1 is 1.20 bits per heavy atom. The van der Waals surface area contributed by atoms with Crippen molar-refractivity contribution in [1.29, 1.82) is 0 Å². The molecule has 1 N–H and O–H groups in total. The van der Waals surface area contributed by atoms with E-state index in [2.05, 4.69) is 39.5 Å². The minimum absolute atomic E-state index is 0.0500. The van der Waals surface area contributed by atoms with E-state index in [0.717, 1.165) is 59.7 Å². The highest BCUT2D eigenvalue weighted by Gasteiger charge is 2.12. The molecule has 0 radical (unpaired) electrons. The molecule has 4 rings (SSSR count). The van der Waals surface area contributed by atoms with Crippen LogP contribution < -0.4 is 5.32 Å². The second kappa shape index (κ2) is 10.2. The zero-order valence-electron chi connectivity index (χ0n) is 17.0. The fourth-order valence-corrected chi connectivity index (χ4v) is 4.65. The van der Waals surface area contributed by atoms with E-state index in [1.807, 2.05) is 35.9 Å². The van der Waals surface area contributed by atoms with Gasteiger partial charge in [-0.15, -0.1) is 23.1 Å². The van der Waals surface area contributed by atoms with Crippen molar-refractivity contribution in [1.82, 2.24) is 9.88 Å². The summed E-state index contributed by atoms with van der Waals surface area (Å²) < 4.78 is 5.41. The van der Waals surface area contributed by atoms with Crippen LogP contribution >= 0.6 is 23.1 Å². The summed E-state index contributed by atoms with van der Waals surface area (Å²) in [6.07, 6.45) is 2.29. The molecule has 3 aromatic rings. The SMILES string of the molecule is CSc1cccc(NC(=O)Cc2csc(-c3ccc(CN4CCOCC4)cc3)n2)c1. The molecule has 1 amide bonds. The van der Waals surface area contributed by atoms with Crippen LogP contribution in [0.25, 0.3) is 10.6 Å². The molecule has 0 saturated carbocycles. The highest BCUT2D eigenvalue weighted by Crippen LogP contribution is 2.25. The zero-order chi connectivity index (χ0) is 20.8. The van der Waals surface area contributed by atoms with E-state index >= 15 is 0 Å². The maximum absolute atomic E-state index is 12.4. The standard InChI is InChI=1S/C23H25N3O2S2/c1-29-21-4-2-3-19(13-21)24-22(27)14-20-16-30-23(25-20)18-7-5-17(6-8-18)15-26-9-11-28-12-10-26/h2-8,13,16H,9-12,14-15H2,1H3,(H,24,27). The lowest BCUT2D eigenvalue weighted by Crippen LogP contribution is -2.35. The third kappa shape index (κ3) is 5.70. The quantitative estimate of drug-likeness (QED) is 0.548. The van der Waals surface area contributed by atoms with Crippen molar-refractivity contribution in [2.45, 2.75) is 17.9 Å². The molecule has 5 nitrogen and oxygen atoms in total. The van der Waals surface area contributed by atoms with Crippen LogP contribution in [0, 0.1) is 0 Å². The summed E-state index contributed by atoms with van der Waals surface area (Å²) in [4.78, 5) is 20.6. The molecule has 1 saturated heterocycles. The number of morpholine rings is 1. The van der Waals surface area contributed by atoms with Crippen LogP contribution in [0.15, 0.2) is 58.8 Å². The first-order valence-corrected chi connectivity index (χ1v) is 12.1. The molecule has 0 atom stereocenters. The molecule has 0 unspecified atom stereocenters. The van der Waals surface area contributed by atoms with Crippen LogP contribution in [0.1, 0.15) is 11.3 Å². The van der Waals surface area contributed by atoms with Crippen molar-refractivity contribution in [3.63, 3.8) is 0 Å². The first-order chi connectivity index (χ1) is 14.7. The van der Waals surface area contributed by atoms with E-state index in [1.54, 1.807) is 23.1 Å². The number of nitrogens with zero attached hydrogens (tertiary/aromatic N) is 2. The van der Waals surface area contributed by atoms with Gasteiger partial charge >= 0.3 is 0 Å².